The molecule has 3 aromatic heterocycles. The smallest absolute Gasteiger partial charge is 0.169 e. The van der Waals surface area contributed by atoms with Crippen molar-refractivity contribution in [3.8, 4) is 11.8 Å². The summed E-state index contributed by atoms with van der Waals surface area (Å²) in [6.45, 7) is 0. The summed E-state index contributed by atoms with van der Waals surface area (Å²) in [6, 6.07) is 8.45. The second-order valence-electron chi connectivity index (χ2n) is 5.49. The van der Waals surface area contributed by atoms with Crippen LogP contribution in [0.2, 0.25) is 5.02 Å². The zero-order valence-corrected chi connectivity index (χ0v) is 15.5. The average Bonchev–Trinajstić information content (AvgIpc) is 3.10. The van der Waals surface area contributed by atoms with Gasteiger partial charge in [0.1, 0.15) is 41.1 Å². The molecule has 0 radical (unpaired) electrons. The fourth-order valence-corrected chi connectivity index (χ4v) is 2.85. The molecule has 0 spiro atoms. The lowest BCUT2D eigenvalue weighted by Gasteiger charge is -2.06. The minimum Gasteiger partial charge on any atom is -0.384 e. The summed E-state index contributed by atoms with van der Waals surface area (Å²) < 4.78 is 15.6. The van der Waals surface area contributed by atoms with Crippen LogP contribution >= 0.6 is 24.0 Å². The highest BCUT2D eigenvalue weighted by atomic mass is 35.5. The van der Waals surface area contributed by atoms with Crippen LogP contribution in [0.3, 0.4) is 0 Å². The first kappa shape index (κ1) is 19.3. The predicted octanol–water partition coefficient (Wildman–Crippen LogP) is 3.62. The van der Waals surface area contributed by atoms with Crippen LogP contribution in [-0.4, -0.2) is 24.7 Å². The summed E-state index contributed by atoms with van der Waals surface area (Å²) in [5.74, 6) is 0.380. The zero-order valence-electron chi connectivity index (χ0n) is 14.0. The number of nitrogens with zero attached hydrogens (tertiary/aromatic N) is 6. The molecule has 0 unspecified atom stereocenters. The van der Waals surface area contributed by atoms with Gasteiger partial charge < -0.3 is 11.1 Å². The lowest BCUT2D eigenvalue weighted by atomic mass is 10.2. The third-order valence-corrected chi connectivity index (χ3v) is 4.08. The van der Waals surface area contributed by atoms with E-state index in [1.54, 1.807) is 24.4 Å². The van der Waals surface area contributed by atoms with Crippen LogP contribution in [0.4, 0.5) is 21.8 Å². The van der Waals surface area contributed by atoms with Crippen molar-refractivity contribution in [1.82, 2.24) is 24.7 Å². The standard InChI is InChI=1S/C17H10ClFN8.ClH/c18-11-3-1-2-9(5-20)16(11)27-7-10-15(26-27)12(19)6-22-17(10)25-14-4-13(21)23-8-24-14;/h1-4,6-8H,(H3,21,22,23,24,25);1H. The molecule has 0 amide bonds. The highest BCUT2D eigenvalue weighted by Crippen LogP contribution is 2.29. The molecule has 4 rings (SSSR count). The van der Waals surface area contributed by atoms with Crippen LogP contribution < -0.4 is 11.1 Å². The first-order valence-corrected chi connectivity index (χ1v) is 8.02. The quantitative estimate of drug-likeness (QED) is 0.523. The van der Waals surface area contributed by atoms with Gasteiger partial charge in [0.05, 0.1) is 22.2 Å². The normalized spacial score (nSPS) is 10.3. The Balaban J connectivity index is 0.00000225. The summed E-state index contributed by atoms with van der Waals surface area (Å²) in [5.41, 5.74) is 6.38. The Morgan fingerprint density at radius 1 is 1.25 bits per heavy atom. The number of anilines is 3. The molecule has 1 aromatic carbocycles. The summed E-state index contributed by atoms with van der Waals surface area (Å²) in [6.07, 6.45) is 3.88. The van der Waals surface area contributed by atoms with Crippen LogP contribution in [-0.2, 0) is 0 Å². The van der Waals surface area contributed by atoms with Crippen molar-refractivity contribution in [2.45, 2.75) is 0 Å². The number of nitriles is 1. The van der Waals surface area contributed by atoms with Gasteiger partial charge in [0, 0.05) is 12.3 Å². The molecule has 0 fully saturated rings. The van der Waals surface area contributed by atoms with Crippen molar-refractivity contribution in [3.63, 3.8) is 0 Å². The lowest BCUT2D eigenvalue weighted by molar-refractivity contribution is 0.629. The molecule has 0 aliphatic heterocycles. The number of nitrogens with one attached hydrogen (secondary N) is 1. The maximum Gasteiger partial charge on any atom is 0.169 e. The Hall–Kier alpha value is -3.48. The van der Waals surface area contributed by atoms with Crippen molar-refractivity contribution >= 4 is 52.4 Å². The summed E-state index contributed by atoms with van der Waals surface area (Å²) in [4.78, 5) is 11.9. The second-order valence-corrected chi connectivity index (χ2v) is 5.90. The summed E-state index contributed by atoms with van der Waals surface area (Å²) >= 11 is 6.23. The molecule has 3 N–H and O–H groups in total. The highest BCUT2D eigenvalue weighted by molar-refractivity contribution is 6.32. The van der Waals surface area contributed by atoms with Gasteiger partial charge in [-0.25, -0.2) is 24.0 Å². The number of hydrogen-bond donors (Lipinski definition) is 2. The molecule has 3 heterocycles. The van der Waals surface area contributed by atoms with Gasteiger partial charge in [0.2, 0.25) is 0 Å². The number of para-hydroxylation sites is 1. The Kier molecular flexibility index (Phi) is 5.26. The number of halogens is 3. The van der Waals surface area contributed by atoms with E-state index in [1.807, 2.05) is 0 Å². The number of nitrogens with two attached hydrogens (primary N) is 1. The number of aromatic nitrogens is 5. The molecule has 0 aliphatic rings. The van der Waals surface area contributed by atoms with Gasteiger partial charge in [0.25, 0.3) is 0 Å². The molecule has 0 aliphatic carbocycles. The van der Waals surface area contributed by atoms with Crippen LogP contribution in [0, 0.1) is 17.1 Å². The Labute approximate surface area is 169 Å². The van der Waals surface area contributed by atoms with E-state index in [2.05, 4.69) is 31.4 Å². The van der Waals surface area contributed by atoms with Gasteiger partial charge in [-0.1, -0.05) is 17.7 Å². The molecule has 0 saturated carbocycles. The molecule has 28 heavy (non-hydrogen) atoms. The molecule has 4 aromatic rings. The molecule has 8 nitrogen and oxygen atoms in total. The van der Waals surface area contributed by atoms with Gasteiger partial charge in [-0.2, -0.15) is 10.4 Å². The van der Waals surface area contributed by atoms with Gasteiger partial charge in [-0.05, 0) is 12.1 Å². The SMILES string of the molecule is Cl.N#Cc1cccc(Cl)c1-n1cc2c(Nc3cc(N)ncn3)ncc(F)c2n1. The average molecular weight is 417 g/mol. The maximum absolute atomic E-state index is 14.3. The minimum atomic E-state index is -0.609. The third-order valence-electron chi connectivity index (χ3n) is 3.77. The Bertz CT molecular complexity index is 1220. The summed E-state index contributed by atoms with van der Waals surface area (Å²) in [5, 5.41) is 17.2. The number of fused-ring (bicyclic) bond motifs is 1. The van der Waals surface area contributed by atoms with Crippen molar-refractivity contribution in [2.75, 3.05) is 11.1 Å². The minimum absolute atomic E-state index is 0. The van der Waals surface area contributed by atoms with E-state index in [0.717, 1.165) is 6.20 Å². The predicted molar refractivity (Wildman–Crippen MR) is 106 cm³/mol. The highest BCUT2D eigenvalue weighted by Gasteiger charge is 2.17. The first-order chi connectivity index (χ1) is 13.1. The van der Waals surface area contributed by atoms with Crippen molar-refractivity contribution < 1.29 is 4.39 Å². The van der Waals surface area contributed by atoms with Gasteiger partial charge in [-0.15, -0.1) is 12.4 Å². The van der Waals surface area contributed by atoms with Crippen LogP contribution in [0.15, 0.2) is 43.0 Å². The lowest BCUT2D eigenvalue weighted by Crippen LogP contribution is -1.99. The third kappa shape index (κ3) is 3.38. The fourth-order valence-electron chi connectivity index (χ4n) is 2.59. The van der Waals surface area contributed by atoms with E-state index < -0.39 is 5.82 Å². The Morgan fingerprint density at radius 2 is 2.07 bits per heavy atom. The number of benzene rings is 1. The molecule has 0 bridgehead atoms. The second kappa shape index (κ2) is 7.64. The van der Waals surface area contributed by atoms with E-state index >= 15 is 0 Å². The maximum atomic E-state index is 14.3. The van der Waals surface area contributed by atoms with E-state index in [1.165, 1.54) is 17.1 Å². The number of hydrogen-bond acceptors (Lipinski definition) is 7. The van der Waals surface area contributed by atoms with Crippen LogP contribution in [0.5, 0.6) is 0 Å². The van der Waals surface area contributed by atoms with Crippen LogP contribution in [0.1, 0.15) is 5.56 Å². The molecular weight excluding hydrogens is 406 g/mol. The van der Waals surface area contributed by atoms with Crippen molar-refractivity contribution in [2.24, 2.45) is 0 Å². The fraction of sp³-hybridized carbons (Fsp3) is 0. The Morgan fingerprint density at radius 3 is 2.82 bits per heavy atom. The molecule has 11 heteroatoms. The molecule has 0 atom stereocenters. The molecular formula is C17H11Cl2FN8. The van der Waals surface area contributed by atoms with E-state index in [4.69, 9.17) is 17.3 Å². The van der Waals surface area contributed by atoms with Crippen LogP contribution in [0.25, 0.3) is 16.6 Å². The van der Waals surface area contributed by atoms with E-state index in [9.17, 15) is 9.65 Å². The topological polar surface area (TPSA) is 118 Å². The van der Waals surface area contributed by atoms with Gasteiger partial charge in [-0.3, -0.25) is 0 Å². The zero-order chi connectivity index (χ0) is 19.0. The van der Waals surface area contributed by atoms with Gasteiger partial charge >= 0.3 is 0 Å². The molecule has 0 saturated heterocycles. The number of pyridine rings is 1. The van der Waals surface area contributed by atoms with Gasteiger partial charge in [0.15, 0.2) is 5.82 Å². The number of nitrogen functional groups attached to an aromatic ring is 1. The van der Waals surface area contributed by atoms with Crippen molar-refractivity contribution in [3.05, 3.63) is 59.4 Å². The van der Waals surface area contributed by atoms with Crippen molar-refractivity contribution in [1.29, 1.82) is 5.26 Å². The first-order valence-electron chi connectivity index (χ1n) is 7.64. The van der Waals surface area contributed by atoms with E-state index in [-0.39, 0.29) is 23.7 Å². The summed E-state index contributed by atoms with van der Waals surface area (Å²) in [7, 11) is 0. The van der Waals surface area contributed by atoms with E-state index in [0.29, 0.717) is 33.3 Å². The number of rotatable bonds is 3. The largest absolute Gasteiger partial charge is 0.384 e. The molecule has 140 valence electrons. The monoisotopic (exact) mass is 416 g/mol.